The van der Waals surface area contributed by atoms with Crippen molar-refractivity contribution in [3.8, 4) is 0 Å². The monoisotopic (exact) mass is 430 g/mol. The molecule has 0 aliphatic carbocycles. The highest BCUT2D eigenvalue weighted by Gasteiger charge is 2.14. The molecule has 0 radical (unpaired) electrons. The zero-order chi connectivity index (χ0) is 21.5. The van der Waals surface area contributed by atoms with Crippen LogP contribution in [0.1, 0.15) is 35.7 Å². The van der Waals surface area contributed by atoms with Crippen LogP contribution in [0.15, 0.2) is 30.3 Å². The van der Waals surface area contributed by atoms with E-state index >= 15 is 0 Å². The molecule has 1 aliphatic heterocycles. The van der Waals surface area contributed by atoms with Gasteiger partial charge in [0.25, 0.3) is 0 Å². The first-order valence-electron chi connectivity index (χ1n) is 10.5. The summed E-state index contributed by atoms with van der Waals surface area (Å²) in [6.45, 7) is 11.1. The molecule has 7 heteroatoms. The minimum absolute atomic E-state index is 0.103. The fraction of sp³-hybridized carbons (Fsp3) is 0.478. The van der Waals surface area contributed by atoms with Crippen molar-refractivity contribution < 1.29 is 9.53 Å². The van der Waals surface area contributed by atoms with Crippen molar-refractivity contribution in [3.63, 3.8) is 0 Å². The topological polar surface area (TPSA) is 59.4 Å². The van der Waals surface area contributed by atoms with Crippen molar-refractivity contribution in [2.24, 2.45) is 0 Å². The Morgan fingerprint density at radius 1 is 1.27 bits per heavy atom. The Morgan fingerprint density at radius 3 is 2.67 bits per heavy atom. The first-order valence-corrected chi connectivity index (χ1v) is 10.9. The van der Waals surface area contributed by atoms with Gasteiger partial charge in [0.15, 0.2) is 0 Å². The molecule has 2 heterocycles. The highest BCUT2D eigenvalue weighted by molar-refractivity contribution is 6.31. The van der Waals surface area contributed by atoms with Gasteiger partial charge in [-0.15, -0.1) is 0 Å². The van der Waals surface area contributed by atoms with Gasteiger partial charge < -0.3 is 10.1 Å². The Labute approximate surface area is 183 Å². The summed E-state index contributed by atoms with van der Waals surface area (Å²) in [7, 11) is 0. The third-order valence-corrected chi connectivity index (χ3v) is 5.73. The molecule has 1 fully saturated rings. The summed E-state index contributed by atoms with van der Waals surface area (Å²) in [6, 6.07) is 8.40. The molecule has 1 atom stereocenters. The number of carbonyl (C=O) groups is 1. The summed E-state index contributed by atoms with van der Waals surface area (Å²) < 4.78 is 7.13. The summed E-state index contributed by atoms with van der Waals surface area (Å²) in [5, 5.41) is 8.10. The van der Waals surface area contributed by atoms with Crippen molar-refractivity contribution in [2.75, 3.05) is 32.8 Å². The maximum Gasteiger partial charge on any atom is 0.244 e. The fourth-order valence-electron chi connectivity index (χ4n) is 3.45. The Bertz CT molecular complexity index is 870. The van der Waals surface area contributed by atoms with Crippen molar-refractivity contribution in [2.45, 2.75) is 39.8 Å². The van der Waals surface area contributed by atoms with Gasteiger partial charge in [-0.2, -0.15) is 5.10 Å². The van der Waals surface area contributed by atoms with Crippen LogP contribution >= 0.6 is 11.6 Å². The molecule has 1 N–H and O–H groups in total. The van der Waals surface area contributed by atoms with Gasteiger partial charge in [0.1, 0.15) is 5.15 Å². The molecule has 6 nitrogen and oxygen atoms in total. The van der Waals surface area contributed by atoms with Gasteiger partial charge in [-0.1, -0.05) is 41.4 Å². The molecule has 1 unspecified atom stereocenters. The van der Waals surface area contributed by atoms with Crippen LogP contribution in [0.3, 0.4) is 0 Å². The number of aryl methyl sites for hydroxylation is 2. The fourth-order valence-corrected chi connectivity index (χ4v) is 3.75. The SMILES string of the molecule is Cc1ccc(Cn2nc(C)c(C=CC(=O)NC(C)CCN3CCOCC3)c2Cl)cc1. The zero-order valence-electron chi connectivity index (χ0n) is 18.0. The molecule has 1 aromatic carbocycles. The van der Waals surface area contributed by atoms with E-state index < -0.39 is 0 Å². The van der Waals surface area contributed by atoms with Gasteiger partial charge in [-0.05, 0) is 38.8 Å². The molecule has 1 saturated heterocycles. The van der Waals surface area contributed by atoms with Gasteiger partial charge in [-0.25, -0.2) is 4.68 Å². The van der Waals surface area contributed by atoms with E-state index in [9.17, 15) is 4.79 Å². The maximum atomic E-state index is 12.3. The van der Waals surface area contributed by atoms with Gasteiger partial charge in [-0.3, -0.25) is 9.69 Å². The number of morpholine rings is 1. The number of nitrogens with zero attached hydrogens (tertiary/aromatic N) is 3. The standard InChI is InChI=1S/C23H31ClN4O2/c1-17-4-6-20(7-5-17)16-28-23(24)21(19(3)26-28)8-9-22(29)25-18(2)10-11-27-12-14-30-15-13-27/h4-9,18H,10-16H2,1-3H3,(H,25,29). The number of hydrogen-bond acceptors (Lipinski definition) is 4. The Balaban J connectivity index is 1.53. The summed E-state index contributed by atoms with van der Waals surface area (Å²) >= 11 is 6.54. The molecule has 0 saturated carbocycles. The number of rotatable bonds is 8. The van der Waals surface area contributed by atoms with E-state index in [2.05, 4.69) is 46.5 Å². The lowest BCUT2D eigenvalue weighted by Gasteiger charge is -2.27. The van der Waals surface area contributed by atoms with Gasteiger partial charge in [0, 0.05) is 37.3 Å². The minimum atomic E-state index is -0.119. The molecule has 0 bridgehead atoms. The summed E-state index contributed by atoms with van der Waals surface area (Å²) in [4.78, 5) is 14.7. The summed E-state index contributed by atoms with van der Waals surface area (Å²) in [5.41, 5.74) is 3.93. The number of carbonyl (C=O) groups excluding carboxylic acids is 1. The third-order valence-electron chi connectivity index (χ3n) is 5.33. The van der Waals surface area contributed by atoms with Gasteiger partial charge in [0.2, 0.25) is 5.91 Å². The predicted octanol–water partition coefficient (Wildman–Crippen LogP) is 3.44. The van der Waals surface area contributed by atoms with Gasteiger partial charge >= 0.3 is 0 Å². The Kier molecular flexibility index (Phi) is 8.08. The normalized spacial score (nSPS) is 16.1. The second-order valence-corrected chi connectivity index (χ2v) is 8.28. The first-order chi connectivity index (χ1) is 14.4. The molecule has 2 aromatic rings. The summed E-state index contributed by atoms with van der Waals surface area (Å²) in [5.74, 6) is -0.119. The average molecular weight is 431 g/mol. The zero-order valence-corrected chi connectivity index (χ0v) is 18.8. The molecule has 3 rings (SSSR count). The minimum Gasteiger partial charge on any atom is -0.379 e. The number of benzene rings is 1. The van der Waals surface area contributed by atoms with E-state index in [0.717, 1.165) is 56.1 Å². The predicted molar refractivity (Wildman–Crippen MR) is 121 cm³/mol. The number of halogens is 1. The Morgan fingerprint density at radius 2 is 1.97 bits per heavy atom. The number of ether oxygens (including phenoxy) is 1. The van der Waals surface area contributed by atoms with Crippen molar-refractivity contribution in [3.05, 3.63) is 57.9 Å². The molecule has 162 valence electrons. The highest BCUT2D eigenvalue weighted by atomic mass is 35.5. The number of amides is 1. The molecular weight excluding hydrogens is 400 g/mol. The second kappa shape index (κ2) is 10.8. The van der Waals surface area contributed by atoms with E-state index in [1.807, 2.05) is 13.8 Å². The number of aromatic nitrogens is 2. The molecule has 30 heavy (non-hydrogen) atoms. The van der Waals surface area contributed by atoms with Crippen LogP contribution in [0, 0.1) is 13.8 Å². The smallest absolute Gasteiger partial charge is 0.244 e. The van der Waals surface area contributed by atoms with E-state index in [1.54, 1.807) is 10.8 Å². The van der Waals surface area contributed by atoms with Crippen LogP contribution in [0.4, 0.5) is 0 Å². The molecule has 0 spiro atoms. The lowest BCUT2D eigenvalue weighted by Crippen LogP contribution is -2.40. The van der Waals surface area contributed by atoms with Crippen molar-refractivity contribution in [1.29, 1.82) is 0 Å². The van der Waals surface area contributed by atoms with E-state index in [-0.39, 0.29) is 11.9 Å². The molecule has 1 aromatic heterocycles. The van der Waals surface area contributed by atoms with Crippen LogP contribution < -0.4 is 5.32 Å². The van der Waals surface area contributed by atoms with Crippen LogP contribution in [-0.2, 0) is 16.1 Å². The van der Waals surface area contributed by atoms with E-state index in [4.69, 9.17) is 16.3 Å². The lowest BCUT2D eigenvalue weighted by molar-refractivity contribution is -0.117. The van der Waals surface area contributed by atoms with E-state index in [0.29, 0.717) is 11.7 Å². The van der Waals surface area contributed by atoms with Crippen LogP contribution in [0.5, 0.6) is 0 Å². The maximum absolute atomic E-state index is 12.3. The second-order valence-electron chi connectivity index (χ2n) is 7.92. The van der Waals surface area contributed by atoms with Crippen LogP contribution in [-0.4, -0.2) is 59.5 Å². The van der Waals surface area contributed by atoms with Crippen molar-refractivity contribution in [1.82, 2.24) is 20.0 Å². The lowest BCUT2D eigenvalue weighted by atomic mass is 10.1. The molecule has 1 aliphatic rings. The van der Waals surface area contributed by atoms with E-state index in [1.165, 1.54) is 11.6 Å². The van der Waals surface area contributed by atoms with Crippen LogP contribution in [0.2, 0.25) is 5.15 Å². The summed E-state index contributed by atoms with van der Waals surface area (Å²) in [6.07, 6.45) is 4.20. The number of nitrogens with one attached hydrogen (secondary N) is 1. The third kappa shape index (κ3) is 6.42. The highest BCUT2D eigenvalue weighted by Crippen LogP contribution is 2.22. The van der Waals surface area contributed by atoms with Gasteiger partial charge in [0.05, 0.1) is 25.5 Å². The van der Waals surface area contributed by atoms with Crippen molar-refractivity contribution >= 4 is 23.6 Å². The largest absolute Gasteiger partial charge is 0.379 e. The van der Waals surface area contributed by atoms with Crippen LogP contribution in [0.25, 0.3) is 6.08 Å². The quantitative estimate of drug-likeness (QED) is 0.652. The molecular formula is C23H31ClN4O2. The Hall–Kier alpha value is -2.15. The molecule has 1 amide bonds. The number of hydrogen-bond donors (Lipinski definition) is 1. The first kappa shape index (κ1) is 22.5. The average Bonchev–Trinajstić information content (AvgIpc) is 3.00.